The van der Waals surface area contributed by atoms with Crippen molar-refractivity contribution in [3.63, 3.8) is 0 Å². The highest BCUT2D eigenvalue weighted by Crippen LogP contribution is 2.27. The van der Waals surface area contributed by atoms with Crippen molar-refractivity contribution in [2.45, 2.75) is 6.61 Å². The van der Waals surface area contributed by atoms with Crippen molar-refractivity contribution in [2.24, 2.45) is 0 Å². The van der Waals surface area contributed by atoms with Gasteiger partial charge < -0.3 is 9.84 Å². The lowest BCUT2D eigenvalue weighted by molar-refractivity contribution is 0.0691. The molecule has 0 amide bonds. The van der Waals surface area contributed by atoms with Gasteiger partial charge in [-0.15, -0.1) is 0 Å². The smallest absolute Gasteiger partial charge is 0.339 e. The molecular formula is C13H9Cl2NO3. The van der Waals surface area contributed by atoms with Crippen LogP contribution >= 0.6 is 23.2 Å². The lowest BCUT2D eigenvalue weighted by atomic mass is 10.2. The maximum absolute atomic E-state index is 11.0. The molecule has 1 aromatic carbocycles. The summed E-state index contributed by atoms with van der Waals surface area (Å²) >= 11 is 11.9. The number of ether oxygens (including phenoxy) is 1. The second-order valence-corrected chi connectivity index (χ2v) is 4.46. The molecule has 0 unspecified atom stereocenters. The Morgan fingerprint density at radius 1 is 1.32 bits per heavy atom. The molecule has 98 valence electrons. The first kappa shape index (κ1) is 13.6. The third-order valence-corrected chi connectivity index (χ3v) is 3.29. The molecule has 0 aliphatic heterocycles. The third-order valence-electron chi connectivity index (χ3n) is 2.43. The van der Waals surface area contributed by atoms with Gasteiger partial charge in [-0.3, -0.25) is 4.98 Å². The Morgan fingerprint density at radius 3 is 2.84 bits per heavy atom. The van der Waals surface area contributed by atoms with Crippen LogP contribution in [0.4, 0.5) is 0 Å². The Balaban J connectivity index is 2.19. The number of aromatic carboxylic acids is 1. The van der Waals surface area contributed by atoms with Crippen LogP contribution in [0.15, 0.2) is 36.7 Å². The fraction of sp³-hybridized carbons (Fsp3) is 0.0769. The van der Waals surface area contributed by atoms with Crippen molar-refractivity contribution in [1.82, 2.24) is 4.98 Å². The predicted molar refractivity (Wildman–Crippen MR) is 72.0 cm³/mol. The highest BCUT2D eigenvalue weighted by atomic mass is 35.5. The minimum Gasteiger partial charge on any atom is -0.486 e. The third kappa shape index (κ3) is 3.16. The lowest BCUT2D eigenvalue weighted by Crippen LogP contribution is -2.04. The van der Waals surface area contributed by atoms with Crippen LogP contribution in [0.25, 0.3) is 0 Å². The number of hydrogen-bond acceptors (Lipinski definition) is 3. The quantitative estimate of drug-likeness (QED) is 0.935. The minimum atomic E-state index is -1.07. The summed E-state index contributed by atoms with van der Waals surface area (Å²) in [6, 6.07) is 6.54. The summed E-state index contributed by atoms with van der Waals surface area (Å²) in [5, 5.41) is 9.82. The maximum atomic E-state index is 11.0. The molecule has 6 heteroatoms. The van der Waals surface area contributed by atoms with Crippen LogP contribution in [0.1, 0.15) is 15.9 Å². The van der Waals surface area contributed by atoms with E-state index in [1.807, 2.05) is 0 Å². The molecule has 0 saturated carbocycles. The molecule has 0 aliphatic rings. The monoisotopic (exact) mass is 297 g/mol. The number of rotatable bonds is 4. The van der Waals surface area contributed by atoms with Gasteiger partial charge in [0.2, 0.25) is 0 Å². The maximum Gasteiger partial charge on any atom is 0.339 e. The molecule has 0 saturated heterocycles. The van der Waals surface area contributed by atoms with Gasteiger partial charge in [0.15, 0.2) is 5.75 Å². The summed E-state index contributed by atoms with van der Waals surface area (Å²) in [5.41, 5.74) is 0.725. The first-order valence-corrected chi connectivity index (χ1v) is 6.08. The first-order valence-electron chi connectivity index (χ1n) is 5.32. The standard InChI is InChI=1S/C13H9Cl2NO3/c14-10-3-1-2-8(12(10)15)7-19-11-6-16-5-4-9(11)13(17)18/h1-6H,7H2,(H,17,18). The summed E-state index contributed by atoms with van der Waals surface area (Å²) in [7, 11) is 0. The molecule has 4 nitrogen and oxygen atoms in total. The average molecular weight is 298 g/mol. The van der Waals surface area contributed by atoms with Gasteiger partial charge in [0.1, 0.15) is 12.2 Å². The Hall–Kier alpha value is -1.78. The van der Waals surface area contributed by atoms with Gasteiger partial charge in [-0.2, -0.15) is 0 Å². The summed E-state index contributed by atoms with van der Waals surface area (Å²) in [4.78, 5) is 14.8. The van der Waals surface area contributed by atoms with Crippen molar-refractivity contribution in [2.75, 3.05) is 0 Å². The van der Waals surface area contributed by atoms with Crippen molar-refractivity contribution in [1.29, 1.82) is 0 Å². The second kappa shape index (κ2) is 5.91. The highest BCUT2D eigenvalue weighted by Gasteiger charge is 2.12. The SMILES string of the molecule is O=C(O)c1ccncc1OCc1cccc(Cl)c1Cl. The molecule has 0 aliphatic carbocycles. The number of benzene rings is 1. The van der Waals surface area contributed by atoms with Gasteiger partial charge in [-0.25, -0.2) is 4.79 Å². The van der Waals surface area contributed by atoms with Crippen LogP contribution in [0.3, 0.4) is 0 Å². The predicted octanol–water partition coefficient (Wildman–Crippen LogP) is 3.67. The number of carbonyl (C=O) groups is 1. The normalized spacial score (nSPS) is 10.2. The Morgan fingerprint density at radius 2 is 2.11 bits per heavy atom. The molecule has 0 spiro atoms. The van der Waals surface area contributed by atoms with Crippen molar-refractivity contribution in [3.05, 3.63) is 57.8 Å². The number of nitrogens with zero attached hydrogens (tertiary/aromatic N) is 1. The van der Waals surface area contributed by atoms with Gasteiger partial charge in [-0.1, -0.05) is 35.3 Å². The summed E-state index contributed by atoms with van der Waals surface area (Å²) in [5.74, 6) is -0.888. The zero-order valence-electron chi connectivity index (χ0n) is 9.64. The van der Waals surface area contributed by atoms with E-state index in [4.69, 9.17) is 33.0 Å². The number of halogens is 2. The highest BCUT2D eigenvalue weighted by molar-refractivity contribution is 6.42. The van der Waals surface area contributed by atoms with E-state index in [2.05, 4.69) is 4.98 Å². The van der Waals surface area contributed by atoms with E-state index in [1.165, 1.54) is 18.5 Å². The van der Waals surface area contributed by atoms with E-state index < -0.39 is 5.97 Å². The first-order chi connectivity index (χ1) is 9.09. The van der Waals surface area contributed by atoms with Crippen LogP contribution in [-0.2, 0) is 6.61 Å². The van der Waals surface area contributed by atoms with Gasteiger partial charge >= 0.3 is 5.97 Å². The van der Waals surface area contributed by atoms with Crippen LogP contribution in [0, 0.1) is 0 Å². The molecule has 2 aromatic rings. The minimum absolute atomic E-state index is 0.0492. The van der Waals surface area contributed by atoms with E-state index >= 15 is 0 Å². The van der Waals surface area contributed by atoms with E-state index in [-0.39, 0.29) is 17.9 Å². The molecule has 2 rings (SSSR count). The van der Waals surface area contributed by atoms with Gasteiger partial charge in [-0.05, 0) is 12.1 Å². The average Bonchev–Trinajstić information content (AvgIpc) is 2.40. The van der Waals surface area contributed by atoms with Gasteiger partial charge in [0.25, 0.3) is 0 Å². The summed E-state index contributed by atoms with van der Waals surface area (Å²) in [6.07, 6.45) is 2.74. The van der Waals surface area contributed by atoms with Crippen molar-refractivity contribution in [3.8, 4) is 5.75 Å². The molecule has 0 fully saturated rings. The van der Waals surface area contributed by atoms with Crippen molar-refractivity contribution >= 4 is 29.2 Å². The molecule has 19 heavy (non-hydrogen) atoms. The molecule has 0 bridgehead atoms. The number of carboxylic acids is 1. The molecule has 0 radical (unpaired) electrons. The lowest BCUT2D eigenvalue weighted by Gasteiger charge is -2.10. The molecule has 1 N–H and O–H groups in total. The molecule has 1 heterocycles. The van der Waals surface area contributed by atoms with Gasteiger partial charge in [0, 0.05) is 11.8 Å². The number of aromatic nitrogens is 1. The number of pyridine rings is 1. The number of hydrogen-bond donors (Lipinski definition) is 1. The Bertz CT molecular complexity index is 617. The zero-order chi connectivity index (χ0) is 13.8. The molecular weight excluding hydrogens is 289 g/mol. The Kier molecular flexibility index (Phi) is 4.24. The van der Waals surface area contributed by atoms with Crippen LogP contribution in [0.2, 0.25) is 10.0 Å². The van der Waals surface area contributed by atoms with E-state index in [9.17, 15) is 4.79 Å². The fourth-order valence-electron chi connectivity index (χ4n) is 1.49. The molecule has 1 aromatic heterocycles. The van der Waals surface area contributed by atoms with E-state index in [0.717, 1.165) is 0 Å². The molecule has 0 atom stereocenters. The van der Waals surface area contributed by atoms with Crippen LogP contribution < -0.4 is 4.74 Å². The zero-order valence-corrected chi connectivity index (χ0v) is 11.1. The van der Waals surface area contributed by atoms with Gasteiger partial charge in [0.05, 0.1) is 16.2 Å². The Labute approximate surface area is 119 Å². The fourth-order valence-corrected chi connectivity index (χ4v) is 1.86. The summed E-state index contributed by atoms with van der Waals surface area (Å²) < 4.78 is 5.43. The van der Waals surface area contributed by atoms with E-state index in [0.29, 0.717) is 15.6 Å². The van der Waals surface area contributed by atoms with E-state index in [1.54, 1.807) is 18.2 Å². The topological polar surface area (TPSA) is 59.4 Å². The number of carboxylic acid groups (broad SMARTS) is 1. The summed E-state index contributed by atoms with van der Waals surface area (Å²) in [6.45, 7) is 0.116. The largest absolute Gasteiger partial charge is 0.486 e. The van der Waals surface area contributed by atoms with Crippen molar-refractivity contribution < 1.29 is 14.6 Å². The van der Waals surface area contributed by atoms with Crippen LogP contribution in [-0.4, -0.2) is 16.1 Å². The second-order valence-electron chi connectivity index (χ2n) is 3.68. The van der Waals surface area contributed by atoms with Crippen LogP contribution in [0.5, 0.6) is 5.75 Å².